The summed E-state index contributed by atoms with van der Waals surface area (Å²) in [6.45, 7) is 2.01. The molecule has 0 fully saturated rings. The topological polar surface area (TPSA) is 109 Å². The highest BCUT2D eigenvalue weighted by Crippen LogP contribution is 2.46. The molecule has 0 unspecified atom stereocenters. The zero-order valence-electron chi connectivity index (χ0n) is 23.0. The van der Waals surface area contributed by atoms with Crippen LogP contribution in [0, 0.1) is 6.92 Å². The van der Waals surface area contributed by atoms with Gasteiger partial charge in [-0.2, -0.15) is 0 Å². The summed E-state index contributed by atoms with van der Waals surface area (Å²) in [5.74, 6) is 1.88. The molecule has 0 saturated carbocycles. The van der Waals surface area contributed by atoms with E-state index in [9.17, 15) is 0 Å². The number of rotatable bonds is 0. The van der Waals surface area contributed by atoms with Gasteiger partial charge in [-0.05, 0) is 12.5 Å². The number of hydrogen-bond acceptors (Lipinski definition) is 6. The van der Waals surface area contributed by atoms with Gasteiger partial charge in [-0.15, -0.1) is 0 Å². The van der Waals surface area contributed by atoms with Gasteiger partial charge in [-0.1, -0.05) is 113 Å². The van der Waals surface area contributed by atoms with Crippen molar-refractivity contribution >= 4 is 90.5 Å². The van der Waals surface area contributed by atoms with Crippen LogP contribution in [0.3, 0.4) is 0 Å². The highest BCUT2D eigenvalue weighted by atomic mass is 35.5. The Morgan fingerprint density at radius 1 is 0.444 bits per heavy atom. The molecule has 0 amide bonds. The lowest BCUT2D eigenvalue weighted by Crippen LogP contribution is -1.86. The van der Waals surface area contributed by atoms with Gasteiger partial charge in [0, 0.05) is 33.0 Å². The van der Waals surface area contributed by atoms with E-state index in [0.717, 1.165) is 38.6 Å². The summed E-state index contributed by atoms with van der Waals surface area (Å²) in [6.07, 6.45) is 0. The van der Waals surface area contributed by atoms with Crippen LogP contribution in [0.15, 0.2) is 66.7 Å². The first-order valence-corrected chi connectivity index (χ1v) is 15.3. The molecule has 0 spiro atoms. The number of benzene rings is 4. The van der Waals surface area contributed by atoms with Crippen molar-refractivity contribution in [2.24, 2.45) is 0 Å². The number of nitrogens with zero attached hydrogens (tertiary/aromatic N) is 6. The number of aromatic amines is 2. The first-order chi connectivity index (χ1) is 21.9. The molecular formula is C33H16Cl4N8. The second-order valence-corrected chi connectivity index (χ2v) is 12.2. The minimum atomic E-state index is 0.114. The molecular weight excluding hydrogens is 650 g/mol. The largest absolute Gasteiger partial charge is 0.324 e. The molecule has 2 N–H and O–H groups in total. The van der Waals surface area contributed by atoms with Gasteiger partial charge < -0.3 is 9.97 Å². The van der Waals surface area contributed by atoms with Crippen LogP contribution in [-0.4, -0.2) is 39.9 Å². The Morgan fingerprint density at radius 3 is 1.49 bits per heavy atom. The number of hydrogen-bond donors (Lipinski definition) is 2. The van der Waals surface area contributed by atoms with E-state index in [0.29, 0.717) is 56.7 Å². The van der Waals surface area contributed by atoms with Crippen molar-refractivity contribution < 1.29 is 0 Å². The molecule has 45 heavy (non-hydrogen) atoms. The Kier molecular flexibility index (Phi) is 5.77. The second kappa shape index (κ2) is 9.70. The maximum absolute atomic E-state index is 6.84. The van der Waals surface area contributed by atoms with Crippen LogP contribution in [0.25, 0.3) is 89.7 Å². The lowest BCUT2D eigenvalue weighted by Gasteiger charge is -2.05. The lowest BCUT2D eigenvalue weighted by atomic mass is 10.0. The third-order valence-electron chi connectivity index (χ3n) is 8.09. The number of aromatic nitrogens is 8. The van der Waals surface area contributed by atoms with E-state index < -0.39 is 0 Å². The highest BCUT2D eigenvalue weighted by Gasteiger charge is 2.25. The quantitative estimate of drug-likeness (QED) is 0.123. The summed E-state index contributed by atoms with van der Waals surface area (Å²) in [5.41, 5.74) is 6.26. The van der Waals surface area contributed by atoms with Gasteiger partial charge in [-0.3, -0.25) is 0 Å². The van der Waals surface area contributed by atoms with Gasteiger partial charge in [0.15, 0.2) is 23.3 Å². The lowest BCUT2D eigenvalue weighted by molar-refractivity contribution is 1.19. The maximum Gasteiger partial charge on any atom is 0.165 e. The molecule has 12 heteroatoms. The van der Waals surface area contributed by atoms with Crippen LogP contribution in [0.2, 0.25) is 20.1 Å². The minimum absolute atomic E-state index is 0.114. The Balaban J connectivity index is 1.55. The fourth-order valence-electron chi connectivity index (χ4n) is 6.02. The van der Waals surface area contributed by atoms with Crippen LogP contribution < -0.4 is 0 Å². The van der Waals surface area contributed by atoms with Crippen LogP contribution in [0.1, 0.15) is 5.56 Å². The zero-order chi connectivity index (χ0) is 30.6. The third kappa shape index (κ3) is 3.87. The zero-order valence-corrected chi connectivity index (χ0v) is 26.1. The average Bonchev–Trinajstić information content (AvgIpc) is 3.78. The summed E-state index contributed by atoms with van der Waals surface area (Å²) in [4.78, 5) is 36.5. The number of nitrogens with one attached hydrogen (secondary N) is 2. The summed E-state index contributed by atoms with van der Waals surface area (Å²) in [5, 5.41) is 3.32. The van der Waals surface area contributed by atoms with E-state index in [1.807, 2.05) is 73.7 Å². The van der Waals surface area contributed by atoms with Crippen molar-refractivity contribution in [1.29, 1.82) is 0 Å². The molecule has 0 aliphatic carbocycles. The Morgan fingerprint density at radius 2 is 0.889 bits per heavy atom. The number of H-pyrrole nitrogens is 2. The Bertz CT molecular complexity index is 2630. The van der Waals surface area contributed by atoms with Gasteiger partial charge >= 0.3 is 0 Å². The number of fused-ring (bicyclic) bond motifs is 20. The van der Waals surface area contributed by atoms with Gasteiger partial charge in [-0.25, -0.2) is 29.9 Å². The maximum atomic E-state index is 6.84. The van der Waals surface area contributed by atoms with Crippen LogP contribution in [0.4, 0.5) is 0 Å². The molecule has 8 nitrogen and oxygen atoms in total. The van der Waals surface area contributed by atoms with Crippen molar-refractivity contribution in [3.05, 3.63) is 92.4 Å². The fraction of sp³-hybridized carbons (Fsp3) is 0.0303. The monoisotopic (exact) mass is 664 g/mol. The van der Waals surface area contributed by atoms with Crippen molar-refractivity contribution in [2.75, 3.05) is 0 Å². The highest BCUT2D eigenvalue weighted by molar-refractivity contribution is 6.56. The fourth-order valence-corrected chi connectivity index (χ4v) is 7.05. The molecule has 216 valence electrons. The summed E-state index contributed by atoms with van der Waals surface area (Å²) >= 11 is 26.8. The number of halogens is 4. The van der Waals surface area contributed by atoms with Crippen LogP contribution >= 0.6 is 46.4 Å². The van der Waals surface area contributed by atoms with Crippen molar-refractivity contribution in [1.82, 2.24) is 39.9 Å². The molecule has 7 aromatic rings. The molecule has 2 aliphatic rings. The molecule has 0 saturated heterocycles. The Hall–Kier alpha value is -4.60. The van der Waals surface area contributed by atoms with E-state index >= 15 is 0 Å². The van der Waals surface area contributed by atoms with Gasteiger partial charge in [0.05, 0.1) is 30.9 Å². The van der Waals surface area contributed by atoms with E-state index in [1.165, 1.54) is 0 Å². The smallest absolute Gasteiger partial charge is 0.165 e. The number of aryl methyl sites for hydroxylation is 1. The normalized spacial score (nSPS) is 12.1. The van der Waals surface area contributed by atoms with Crippen LogP contribution in [0.5, 0.6) is 0 Å². The van der Waals surface area contributed by atoms with Crippen molar-refractivity contribution in [3.63, 3.8) is 0 Å². The van der Waals surface area contributed by atoms with E-state index in [1.54, 1.807) is 0 Å². The first-order valence-electron chi connectivity index (χ1n) is 13.8. The van der Waals surface area contributed by atoms with E-state index in [2.05, 4.69) is 9.97 Å². The van der Waals surface area contributed by atoms with Gasteiger partial charge in [0.2, 0.25) is 0 Å². The molecule has 9 rings (SSSR count). The minimum Gasteiger partial charge on any atom is -0.324 e. The second-order valence-electron chi connectivity index (χ2n) is 10.7. The molecule has 0 radical (unpaired) electrons. The van der Waals surface area contributed by atoms with Crippen molar-refractivity contribution in [3.8, 4) is 45.6 Å². The summed E-state index contributed by atoms with van der Waals surface area (Å²) < 4.78 is 0. The molecule has 0 atom stereocenters. The first kappa shape index (κ1) is 26.8. The molecule has 8 bridgehead atoms. The van der Waals surface area contributed by atoms with E-state index in [4.69, 9.17) is 76.3 Å². The standard InChI is InChI=1S/C33H16Cl4N8/c1-13-7-6-12-18-19(13)31-43-30(18)41-28-15-9-3-2-8-14(15)26(39-28)38-27-16-10-4-5-11-17(16)29(40-27)42-32-20-21(33(44-31)45-32)23(35)25(37)24(36)22(20)34/h2-12H,1H3,(H2,38,39,40,41,42,43,44,45). The van der Waals surface area contributed by atoms with E-state index in [-0.39, 0.29) is 20.1 Å². The summed E-state index contributed by atoms with van der Waals surface area (Å²) in [6, 6.07) is 21.7. The predicted molar refractivity (Wildman–Crippen MR) is 181 cm³/mol. The Labute approximate surface area is 274 Å². The SMILES string of the molecule is Cc1cccc2c1-c1nc-2nc2[nH]c(nc3nc(nc4[nH]c(n1)c1c(Cl)c(Cl)c(Cl)c(Cl)c41)-c1ccccc1-3)c1ccccc21. The average molecular weight is 666 g/mol. The summed E-state index contributed by atoms with van der Waals surface area (Å²) in [7, 11) is 0. The predicted octanol–water partition coefficient (Wildman–Crippen LogP) is 9.79. The van der Waals surface area contributed by atoms with Crippen molar-refractivity contribution in [2.45, 2.75) is 6.92 Å². The van der Waals surface area contributed by atoms with Crippen LogP contribution in [-0.2, 0) is 0 Å². The molecule has 4 aromatic carbocycles. The van der Waals surface area contributed by atoms with Gasteiger partial charge in [0.1, 0.15) is 22.6 Å². The van der Waals surface area contributed by atoms with Gasteiger partial charge in [0.25, 0.3) is 0 Å². The molecule has 2 aliphatic heterocycles. The third-order valence-corrected chi connectivity index (χ3v) is 9.89. The molecule has 3 aromatic heterocycles. The molecule has 5 heterocycles.